The summed E-state index contributed by atoms with van der Waals surface area (Å²) in [4.78, 5) is 6.30. The zero-order valence-electron chi connectivity index (χ0n) is 5.24. The maximum Gasteiger partial charge on any atom is 0.231 e. The van der Waals surface area contributed by atoms with Crippen LogP contribution in [-0.4, -0.2) is 20.2 Å². The first-order valence-electron chi connectivity index (χ1n) is 2.57. The van der Waals surface area contributed by atoms with Crippen LogP contribution in [0.2, 0.25) is 0 Å². The first kappa shape index (κ1) is 4.87. The molecule has 1 aromatic rings. The molecule has 0 saturated carbocycles. The van der Waals surface area contributed by atoms with E-state index in [1.54, 1.807) is 0 Å². The van der Waals surface area contributed by atoms with Crippen LogP contribution < -0.4 is 0 Å². The summed E-state index contributed by atoms with van der Waals surface area (Å²) in [7, 11) is 0. The molecule has 9 heavy (non-hydrogen) atoms. The Bertz CT molecular complexity index is 244. The summed E-state index contributed by atoms with van der Waals surface area (Å²) in [6.45, 7) is 0. The number of aromatic nitrogens is 2. The Balaban J connectivity index is 3.31. The van der Waals surface area contributed by atoms with E-state index in [2.05, 4.69) is 22.6 Å². The number of aromatic hydroxyl groups is 2. The summed E-state index contributed by atoms with van der Waals surface area (Å²) in [5.74, 6) is -0.971. The summed E-state index contributed by atoms with van der Waals surface area (Å²) in [6, 6.07) is 0. The van der Waals surface area contributed by atoms with Gasteiger partial charge in [-0.2, -0.15) is 0 Å². The van der Waals surface area contributed by atoms with Gasteiger partial charge in [0.15, 0.2) is 0 Å². The fraction of sp³-hybridized carbons (Fsp3) is 0. The van der Waals surface area contributed by atoms with Crippen LogP contribution in [0.1, 0.15) is 1.37 Å². The molecule has 1 rings (SSSR count). The van der Waals surface area contributed by atoms with Crippen LogP contribution in [0.25, 0.3) is 0 Å². The van der Waals surface area contributed by atoms with Crippen molar-refractivity contribution >= 4 is 12.6 Å². The molecule has 1 aromatic heterocycles. The number of hydrogen-bond acceptors (Lipinski definition) is 5. The summed E-state index contributed by atoms with van der Waals surface area (Å²) < 4.78 is 6.80. The Kier molecular flexibility index (Phi) is 1.14. The van der Waals surface area contributed by atoms with E-state index in [9.17, 15) is 0 Å². The van der Waals surface area contributed by atoms with Crippen LogP contribution in [0.3, 0.4) is 0 Å². The van der Waals surface area contributed by atoms with Gasteiger partial charge in [-0.1, -0.05) is 0 Å². The van der Waals surface area contributed by atoms with E-state index in [4.69, 9.17) is 11.6 Å². The van der Waals surface area contributed by atoms with Crippen molar-refractivity contribution in [3.8, 4) is 11.8 Å². The molecule has 0 aliphatic heterocycles. The highest BCUT2D eigenvalue weighted by Gasteiger charge is 2.02. The van der Waals surface area contributed by atoms with Gasteiger partial charge in [-0.3, -0.25) is 0 Å². The molecule has 0 atom stereocenters. The SMILES string of the molecule is [2H]c1nc(O)c(S)c(O)n1. The van der Waals surface area contributed by atoms with Gasteiger partial charge in [0.05, 0.1) is 0 Å². The van der Waals surface area contributed by atoms with Gasteiger partial charge in [-0.05, 0) is 0 Å². The maximum absolute atomic E-state index is 8.77. The Hall–Kier alpha value is -0.970. The van der Waals surface area contributed by atoms with Crippen LogP contribution in [0, 0.1) is 0 Å². The van der Waals surface area contributed by atoms with Crippen molar-refractivity contribution in [2.24, 2.45) is 0 Å². The molecule has 0 saturated heterocycles. The van der Waals surface area contributed by atoms with Gasteiger partial charge in [0.2, 0.25) is 11.8 Å². The Morgan fingerprint density at radius 1 is 1.44 bits per heavy atom. The van der Waals surface area contributed by atoms with Crippen LogP contribution in [0.15, 0.2) is 11.2 Å². The minimum Gasteiger partial charge on any atom is -0.492 e. The molecule has 0 fully saturated rings. The molecule has 4 nitrogen and oxygen atoms in total. The van der Waals surface area contributed by atoms with Crippen molar-refractivity contribution in [1.82, 2.24) is 9.97 Å². The second kappa shape index (κ2) is 2.10. The second-order valence-electron chi connectivity index (χ2n) is 1.32. The van der Waals surface area contributed by atoms with Gasteiger partial charge in [0, 0.05) is 0 Å². The highest BCUT2D eigenvalue weighted by molar-refractivity contribution is 7.80. The van der Waals surface area contributed by atoms with Crippen LogP contribution in [-0.2, 0) is 0 Å². The van der Waals surface area contributed by atoms with Crippen molar-refractivity contribution in [2.75, 3.05) is 0 Å². The lowest BCUT2D eigenvalue weighted by atomic mass is 10.6. The summed E-state index contributed by atoms with van der Waals surface area (Å²) in [5.41, 5.74) is 0. The molecule has 0 aliphatic carbocycles. The van der Waals surface area contributed by atoms with Crippen molar-refractivity contribution in [1.29, 1.82) is 0 Å². The topological polar surface area (TPSA) is 66.2 Å². The average Bonchev–Trinajstić information content (AvgIpc) is 1.82. The van der Waals surface area contributed by atoms with Crippen molar-refractivity contribution in [2.45, 2.75) is 4.90 Å². The third-order valence-corrected chi connectivity index (χ3v) is 1.14. The van der Waals surface area contributed by atoms with Crippen LogP contribution in [0.5, 0.6) is 11.8 Å². The minimum absolute atomic E-state index is 0.115. The monoisotopic (exact) mass is 145 g/mol. The first-order valence-corrected chi connectivity index (χ1v) is 2.51. The largest absolute Gasteiger partial charge is 0.492 e. The molecule has 0 amide bonds. The number of hydrogen-bond donors (Lipinski definition) is 3. The fourth-order valence-corrected chi connectivity index (χ4v) is 0.426. The molecular formula is C4H4N2O2S. The third-order valence-electron chi connectivity index (χ3n) is 0.735. The summed E-state index contributed by atoms with van der Waals surface area (Å²) in [5, 5.41) is 17.5. The molecule has 1 heterocycles. The molecule has 0 aromatic carbocycles. The van der Waals surface area contributed by atoms with Crippen LogP contribution >= 0.6 is 12.6 Å². The van der Waals surface area contributed by atoms with E-state index >= 15 is 0 Å². The molecule has 5 heteroatoms. The standard InChI is InChI=1S/C4H4N2O2S/c7-3-2(9)4(8)6-1-5-3/h1,9H,(H2,5,6,7,8)/i1D. The molecule has 48 valence electrons. The molecule has 2 N–H and O–H groups in total. The predicted octanol–water partition coefficient (Wildman–Crippen LogP) is 0.176. The molecule has 0 spiro atoms. The van der Waals surface area contributed by atoms with Gasteiger partial charge in [-0.25, -0.2) is 9.97 Å². The van der Waals surface area contributed by atoms with Crippen molar-refractivity contribution < 1.29 is 11.6 Å². The fourth-order valence-electron chi connectivity index (χ4n) is 0.326. The van der Waals surface area contributed by atoms with Gasteiger partial charge >= 0.3 is 0 Å². The quantitative estimate of drug-likeness (QED) is 0.455. The van der Waals surface area contributed by atoms with Crippen LogP contribution in [0.4, 0.5) is 0 Å². The van der Waals surface area contributed by atoms with Gasteiger partial charge in [0.1, 0.15) is 12.6 Å². The van der Waals surface area contributed by atoms with E-state index in [-0.39, 0.29) is 4.90 Å². The normalized spacial score (nSPS) is 11.0. The Labute approximate surface area is 58.0 Å². The molecular weight excluding hydrogens is 140 g/mol. The van der Waals surface area contributed by atoms with E-state index < -0.39 is 18.1 Å². The van der Waals surface area contributed by atoms with Gasteiger partial charge in [0.25, 0.3) is 0 Å². The van der Waals surface area contributed by atoms with Crippen molar-refractivity contribution in [3.63, 3.8) is 0 Å². The highest BCUT2D eigenvalue weighted by Crippen LogP contribution is 2.24. The van der Waals surface area contributed by atoms with E-state index in [0.717, 1.165) is 0 Å². The Morgan fingerprint density at radius 2 is 1.89 bits per heavy atom. The zero-order chi connectivity index (χ0) is 7.72. The van der Waals surface area contributed by atoms with E-state index in [1.807, 2.05) is 0 Å². The third kappa shape index (κ3) is 1.05. The number of rotatable bonds is 0. The smallest absolute Gasteiger partial charge is 0.231 e. The van der Waals surface area contributed by atoms with Gasteiger partial charge in [-0.15, -0.1) is 12.6 Å². The first-order chi connectivity index (χ1) is 4.61. The maximum atomic E-state index is 8.77. The van der Waals surface area contributed by atoms with Crippen molar-refractivity contribution in [3.05, 3.63) is 6.30 Å². The van der Waals surface area contributed by atoms with Gasteiger partial charge < -0.3 is 10.2 Å². The number of nitrogens with zero attached hydrogens (tertiary/aromatic N) is 2. The second-order valence-corrected chi connectivity index (χ2v) is 1.77. The molecule has 0 bridgehead atoms. The average molecular weight is 145 g/mol. The van der Waals surface area contributed by atoms with E-state index in [0.29, 0.717) is 0 Å². The summed E-state index contributed by atoms with van der Waals surface area (Å²) >= 11 is 3.65. The molecule has 0 radical (unpaired) electrons. The predicted molar refractivity (Wildman–Crippen MR) is 32.6 cm³/mol. The zero-order valence-corrected chi connectivity index (χ0v) is 5.13. The minimum atomic E-state index is -0.485. The molecule has 0 aliphatic rings. The molecule has 0 unspecified atom stereocenters. The number of thiol groups is 1. The lowest BCUT2D eigenvalue weighted by Crippen LogP contribution is -1.80. The lowest BCUT2D eigenvalue weighted by molar-refractivity contribution is 0.398. The Morgan fingerprint density at radius 3 is 2.33 bits per heavy atom. The summed E-state index contributed by atoms with van der Waals surface area (Å²) in [6.07, 6.45) is -0.437. The lowest BCUT2D eigenvalue weighted by Gasteiger charge is -1.94. The highest BCUT2D eigenvalue weighted by atomic mass is 32.1. The van der Waals surface area contributed by atoms with E-state index in [1.165, 1.54) is 0 Å².